The molecule has 0 heterocycles. The number of ketones is 3. The highest BCUT2D eigenvalue weighted by Crippen LogP contribution is 2.33. The maximum absolute atomic E-state index is 12.8. The van der Waals surface area contributed by atoms with E-state index in [1.165, 1.54) is 6.07 Å². The third kappa shape index (κ3) is 2.59. The molecule has 0 fully saturated rings. The molecule has 0 aromatic heterocycles. The average molecular weight is 280 g/mol. The molecule has 0 unspecified atom stereocenters. The molecule has 3 nitrogen and oxygen atoms in total. The normalized spacial score (nSPS) is 15.2. The molecule has 0 spiro atoms. The number of carbonyl (C=O) groups excluding carboxylic acids is 3. The molecule has 102 valence electrons. The van der Waals surface area contributed by atoms with Gasteiger partial charge in [-0.1, -0.05) is 18.2 Å². The Balaban J connectivity index is 2.51. The number of Topliss-reactive ketones (excluding diaryl/α,β-unsaturated/α-hetero) is 1. The van der Waals surface area contributed by atoms with Gasteiger partial charge < -0.3 is 0 Å². The highest BCUT2D eigenvalue weighted by atomic mass is 19.4. The van der Waals surface area contributed by atoms with Crippen LogP contribution >= 0.6 is 0 Å². The van der Waals surface area contributed by atoms with Crippen LogP contribution in [0.2, 0.25) is 0 Å². The summed E-state index contributed by atoms with van der Waals surface area (Å²) in [6.07, 6.45) is -2.15. The van der Waals surface area contributed by atoms with Crippen molar-refractivity contribution >= 4 is 17.3 Å². The average Bonchev–Trinajstić information content (AvgIpc) is 2.40. The van der Waals surface area contributed by atoms with E-state index in [0.717, 1.165) is 36.4 Å². The van der Waals surface area contributed by atoms with Crippen LogP contribution in [0, 0.1) is 0 Å². The molecule has 0 aliphatic heterocycles. The predicted octanol–water partition coefficient (Wildman–Crippen LogP) is 2.52. The fraction of sp³-hybridized carbons (Fsp3) is 0.0714. The Morgan fingerprint density at radius 2 is 1.65 bits per heavy atom. The largest absolute Gasteiger partial charge is 0.417 e. The molecule has 0 radical (unpaired) electrons. The van der Waals surface area contributed by atoms with Gasteiger partial charge in [0, 0.05) is 11.6 Å². The Bertz CT molecular complexity index is 666. The van der Waals surface area contributed by atoms with E-state index in [1.54, 1.807) is 0 Å². The SMILES string of the molecule is O=C1C=CC(=O)C(C(=O)c2ccccc2C(F)(F)F)=C1. The monoisotopic (exact) mass is 280 g/mol. The van der Waals surface area contributed by atoms with Gasteiger partial charge in [0.2, 0.25) is 0 Å². The number of hydrogen-bond donors (Lipinski definition) is 0. The van der Waals surface area contributed by atoms with Crippen LogP contribution in [-0.4, -0.2) is 17.3 Å². The molecule has 1 aromatic carbocycles. The smallest absolute Gasteiger partial charge is 0.290 e. The lowest BCUT2D eigenvalue weighted by Crippen LogP contribution is -2.20. The summed E-state index contributed by atoms with van der Waals surface area (Å²) in [5, 5.41) is 0. The molecule has 2 rings (SSSR count). The van der Waals surface area contributed by atoms with Crippen molar-refractivity contribution in [3.05, 3.63) is 59.2 Å². The van der Waals surface area contributed by atoms with Crippen molar-refractivity contribution in [2.24, 2.45) is 0 Å². The lowest BCUT2D eigenvalue weighted by molar-refractivity contribution is -0.138. The van der Waals surface area contributed by atoms with E-state index in [4.69, 9.17) is 0 Å². The van der Waals surface area contributed by atoms with E-state index in [9.17, 15) is 27.6 Å². The van der Waals surface area contributed by atoms with Gasteiger partial charge in [-0.25, -0.2) is 0 Å². The zero-order valence-electron chi connectivity index (χ0n) is 9.90. The second kappa shape index (κ2) is 4.88. The number of carbonyl (C=O) groups is 3. The first-order valence-electron chi connectivity index (χ1n) is 5.49. The highest BCUT2D eigenvalue weighted by molar-refractivity contribution is 6.34. The van der Waals surface area contributed by atoms with Crippen LogP contribution in [0.4, 0.5) is 13.2 Å². The maximum atomic E-state index is 12.8. The number of allylic oxidation sites excluding steroid dienone is 4. The van der Waals surface area contributed by atoms with Crippen LogP contribution in [0.25, 0.3) is 0 Å². The lowest BCUT2D eigenvalue weighted by Gasteiger charge is -2.13. The van der Waals surface area contributed by atoms with Crippen molar-refractivity contribution < 1.29 is 27.6 Å². The minimum atomic E-state index is -4.72. The molecule has 0 atom stereocenters. The topological polar surface area (TPSA) is 51.2 Å². The zero-order chi connectivity index (χ0) is 14.9. The van der Waals surface area contributed by atoms with Gasteiger partial charge in [0.25, 0.3) is 0 Å². The summed E-state index contributed by atoms with van der Waals surface area (Å²) < 4.78 is 38.4. The quantitative estimate of drug-likeness (QED) is 0.475. The minimum Gasteiger partial charge on any atom is -0.290 e. The van der Waals surface area contributed by atoms with E-state index in [0.29, 0.717) is 0 Å². The van der Waals surface area contributed by atoms with E-state index in [-0.39, 0.29) is 0 Å². The standard InChI is InChI=1S/C14H7F3O3/c15-14(16,17)11-4-2-1-3-9(11)13(20)10-7-8(18)5-6-12(10)19/h1-7H. The number of halogens is 3. The Morgan fingerprint density at radius 1 is 1.00 bits per heavy atom. The second-order valence-corrected chi connectivity index (χ2v) is 4.03. The molecular weight excluding hydrogens is 273 g/mol. The highest BCUT2D eigenvalue weighted by Gasteiger charge is 2.36. The number of hydrogen-bond acceptors (Lipinski definition) is 3. The molecule has 0 amide bonds. The molecule has 0 saturated carbocycles. The third-order valence-electron chi connectivity index (χ3n) is 2.67. The van der Waals surface area contributed by atoms with E-state index in [2.05, 4.69) is 0 Å². The van der Waals surface area contributed by atoms with Gasteiger partial charge in [-0.2, -0.15) is 13.2 Å². The summed E-state index contributed by atoms with van der Waals surface area (Å²) in [6, 6.07) is 4.12. The summed E-state index contributed by atoms with van der Waals surface area (Å²) >= 11 is 0. The van der Waals surface area contributed by atoms with Crippen molar-refractivity contribution in [3.8, 4) is 0 Å². The second-order valence-electron chi connectivity index (χ2n) is 4.03. The van der Waals surface area contributed by atoms with Crippen LogP contribution in [0.5, 0.6) is 0 Å². The first-order chi connectivity index (χ1) is 9.30. The number of rotatable bonds is 2. The lowest BCUT2D eigenvalue weighted by atomic mass is 9.92. The molecule has 1 aliphatic rings. The number of benzene rings is 1. The van der Waals surface area contributed by atoms with Gasteiger partial charge in [0.15, 0.2) is 17.3 Å². The zero-order valence-corrected chi connectivity index (χ0v) is 9.90. The van der Waals surface area contributed by atoms with Crippen molar-refractivity contribution in [2.75, 3.05) is 0 Å². The van der Waals surface area contributed by atoms with Crippen molar-refractivity contribution in [1.82, 2.24) is 0 Å². The minimum absolute atomic E-state index is 0.561. The fourth-order valence-electron chi connectivity index (χ4n) is 1.76. The first-order valence-corrected chi connectivity index (χ1v) is 5.49. The molecule has 0 saturated heterocycles. The molecule has 6 heteroatoms. The van der Waals surface area contributed by atoms with Crippen LogP contribution in [0.15, 0.2) is 48.1 Å². The Hall–Kier alpha value is -2.50. The summed E-state index contributed by atoms with van der Waals surface area (Å²) in [5.41, 5.74) is -2.35. The summed E-state index contributed by atoms with van der Waals surface area (Å²) in [4.78, 5) is 34.7. The Labute approximate surface area is 111 Å². The summed E-state index contributed by atoms with van der Waals surface area (Å²) in [7, 11) is 0. The van der Waals surface area contributed by atoms with Crippen LogP contribution in [0.1, 0.15) is 15.9 Å². The Morgan fingerprint density at radius 3 is 2.30 bits per heavy atom. The summed E-state index contributed by atoms with van der Waals surface area (Å²) in [6.45, 7) is 0. The van der Waals surface area contributed by atoms with Gasteiger partial charge in [-0.3, -0.25) is 14.4 Å². The molecule has 0 N–H and O–H groups in total. The predicted molar refractivity (Wildman–Crippen MR) is 63.0 cm³/mol. The van der Waals surface area contributed by atoms with Crippen molar-refractivity contribution in [1.29, 1.82) is 0 Å². The van der Waals surface area contributed by atoms with Crippen LogP contribution in [-0.2, 0) is 15.8 Å². The van der Waals surface area contributed by atoms with Gasteiger partial charge in [0.05, 0.1) is 11.1 Å². The molecule has 1 aromatic rings. The van der Waals surface area contributed by atoms with Crippen molar-refractivity contribution in [2.45, 2.75) is 6.18 Å². The maximum Gasteiger partial charge on any atom is 0.417 e. The van der Waals surface area contributed by atoms with Gasteiger partial charge >= 0.3 is 6.18 Å². The Kier molecular flexibility index (Phi) is 3.40. The van der Waals surface area contributed by atoms with Gasteiger partial charge in [0.1, 0.15) is 0 Å². The first kappa shape index (κ1) is 13.9. The molecule has 1 aliphatic carbocycles. The van der Waals surface area contributed by atoms with Crippen molar-refractivity contribution in [3.63, 3.8) is 0 Å². The fourth-order valence-corrected chi connectivity index (χ4v) is 1.76. The molecular formula is C14H7F3O3. The number of alkyl halides is 3. The van der Waals surface area contributed by atoms with Gasteiger partial charge in [-0.05, 0) is 18.2 Å². The third-order valence-corrected chi connectivity index (χ3v) is 2.67. The van der Waals surface area contributed by atoms with Crippen LogP contribution in [0.3, 0.4) is 0 Å². The van der Waals surface area contributed by atoms with Gasteiger partial charge in [-0.15, -0.1) is 0 Å². The van der Waals surface area contributed by atoms with Crippen LogP contribution < -0.4 is 0 Å². The molecule has 20 heavy (non-hydrogen) atoms. The van der Waals surface area contributed by atoms with E-state index >= 15 is 0 Å². The summed E-state index contributed by atoms with van der Waals surface area (Å²) in [5.74, 6) is -2.51. The molecule has 0 bridgehead atoms. The van der Waals surface area contributed by atoms with E-state index < -0.39 is 40.2 Å². The van der Waals surface area contributed by atoms with E-state index in [1.807, 2.05) is 0 Å².